The SMILES string of the molecule is C1=C\C=[C](\[Ru]/[C]2=C/C=C\CCCC2)CC\C=C/1. The summed E-state index contributed by atoms with van der Waals surface area (Å²) >= 11 is 0.302. The first-order valence-corrected chi connectivity index (χ1v) is 8.19. The van der Waals surface area contributed by atoms with E-state index >= 15 is 0 Å². The van der Waals surface area contributed by atoms with Gasteiger partial charge in [0.05, 0.1) is 0 Å². The van der Waals surface area contributed by atoms with Crippen molar-refractivity contribution in [2.45, 2.75) is 38.5 Å². The van der Waals surface area contributed by atoms with Crippen molar-refractivity contribution in [1.29, 1.82) is 0 Å². The van der Waals surface area contributed by atoms with Crippen molar-refractivity contribution >= 4 is 0 Å². The molecule has 0 aromatic heterocycles. The summed E-state index contributed by atoms with van der Waals surface area (Å²) in [7, 11) is 0. The summed E-state index contributed by atoms with van der Waals surface area (Å²) in [6.45, 7) is 0. The van der Waals surface area contributed by atoms with Gasteiger partial charge in [-0.25, -0.2) is 0 Å². The zero-order valence-corrected chi connectivity index (χ0v) is 12.0. The molecule has 92 valence electrons. The van der Waals surface area contributed by atoms with Crippen molar-refractivity contribution in [1.82, 2.24) is 0 Å². The molecule has 2 aliphatic carbocycles. The van der Waals surface area contributed by atoms with Crippen LogP contribution in [0, 0.1) is 0 Å². The summed E-state index contributed by atoms with van der Waals surface area (Å²) in [5, 5.41) is 0. The minimum absolute atomic E-state index is 0.302. The Hall–Kier alpha value is -0.677. The Bertz CT molecular complexity index is 380. The Morgan fingerprint density at radius 1 is 0.706 bits per heavy atom. The molecule has 0 aromatic carbocycles. The van der Waals surface area contributed by atoms with Gasteiger partial charge in [0.2, 0.25) is 0 Å². The fraction of sp³-hybridized carbons (Fsp3) is 0.375. The van der Waals surface area contributed by atoms with Crippen molar-refractivity contribution in [3.63, 3.8) is 0 Å². The van der Waals surface area contributed by atoms with Crippen molar-refractivity contribution in [3.05, 3.63) is 56.9 Å². The second-order valence-electron chi connectivity index (χ2n) is 4.31. The van der Waals surface area contributed by atoms with Gasteiger partial charge in [0, 0.05) is 0 Å². The Morgan fingerprint density at radius 3 is 2.53 bits per heavy atom. The van der Waals surface area contributed by atoms with Crippen molar-refractivity contribution in [2.75, 3.05) is 0 Å². The Balaban J connectivity index is 1.98. The predicted molar refractivity (Wildman–Crippen MR) is 71.3 cm³/mol. The fourth-order valence-corrected chi connectivity index (χ4v) is 4.23. The average Bonchev–Trinajstić information content (AvgIpc) is 2.24. The van der Waals surface area contributed by atoms with Crippen molar-refractivity contribution < 1.29 is 17.1 Å². The molecule has 0 atom stereocenters. The molecule has 0 saturated heterocycles. The molecule has 0 bridgehead atoms. The van der Waals surface area contributed by atoms with Gasteiger partial charge in [-0.15, -0.1) is 0 Å². The molecule has 0 aliphatic heterocycles. The molecule has 1 heteroatoms. The third-order valence-electron chi connectivity index (χ3n) is 2.84. The van der Waals surface area contributed by atoms with Crippen LogP contribution in [0.2, 0.25) is 0 Å². The Labute approximate surface area is 112 Å². The third-order valence-corrected chi connectivity index (χ3v) is 5.41. The van der Waals surface area contributed by atoms with Crippen LogP contribution in [0.1, 0.15) is 38.5 Å². The van der Waals surface area contributed by atoms with Gasteiger partial charge in [-0.05, 0) is 0 Å². The topological polar surface area (TPSA) is 0 Å². The van der Waals surface area contributed by atoms with Crippen LogP contribution in [0.4, 0.5) is 0 Å². The molecule has 0 aromatic rings. The molecule has 0 saturated carbocycles. The number of rotatable bonds is 2. The molecule has 0 nitrogen and oxygen atoms in total. The van der Waals surface area contributed by atoms with E-state index in [1.54, 1.807) is 8.33 Å². The molecule has 0 amide bonds. The molecule has 0 fully saturated rings. The maximum atomic E-state index is 2.37. The summed E-state index contributed by atoms with van der Waals surface area (Å²) < 4.78 is 3.36. The minimum atomic E-state index is 0.302. The van der Waals surface area contributed by atoms with Gasteiger partial charge in [0.25, 0.3) is 0 Å². The maximum absolute atomic E-state index is 2.37. The van der Waals surface area contributed by atoms with E-state index in [0.29, 0.717) is 17.1 Å². The van der Waals surface area contributed by atoms with E-state index in [4.69, 9.17) is 0 Å². The number of hydrogen-bond acceptors (Lipinski definition) is 0. The summed E-state index contributed by atoms with van der Waals surface area (Å²) in [6, 6.07) is 0. The van der Waals surface area contributed by atoms with Gasteiger partial charge in [-0.3, -0.25) is 0 Å². The Kier molecular flexibility index (Phi) is 5.72. The quantitative estimate of drug-likeness (QED) is 0.638. The van der Waals surface area contributed by atoms with E-state index in [1.165, 1.54) is 38.5 Å². The Morgan fingerprint density at radius 2 is 1.53 bits per heavy atom. The van der Waals surface area contributed by atoms with Crippen LogP contribution < -0.4 is 0 Å². The van der Waals surface area contributed by atoms with Crippen LogP contribution in [0.15, 0.2) is 56.9 Å². The van der Waals surface area contributed by atoms with E-state index in [0.717, 1.165) is 0 Å². The number of hydrogen-bond donors (Lipinski definition) is 0. The first-order valence-electron chi connectivity index (χ1n) is 6.45. The van der Waals surface area contributed by atoms with E-state index < -0.39 is 0 Å². The summed E-state index contributed by atoms with van der Waals surface area (Å²) in [5.74, 6) is 0. The molecular weight excluding hydrogens is 293 g/mol. The molecule has 0 unspecified atom stereocenters. The zero-order valence-electron chi connectivity index (χ0n) is 10.2. The standard InChI is InChI=1S/C8H11.C8H9.Ru/c2*1-2-4-6-8-7-5-3-1;/h1-3H,4,6-8H2;1-5H,6,8H2;/b2-1-,5-3?;3-1-,4-2-,7-5?;. The molecule has 0 spiro atoms. The predicted octanol–water partition coefficient (Wildman–Crippen LogP) is 4.87. The average molecular weight is 313 g/mol. The first kappa shape index (κ1) is 12.8. The second-order valence-corrected chi connectivity index (χ2v) is 6.98. The normalized spacial score (nSPS) is 32.9. The first-order chi connectivity index (χ1) is 8.45. The second kappa shape index (κ2) is 7.61. The zero-order chi connectivity index (χ0) is 11.8. The van der Waals surface area contributed by atoms with Gasteiger partial charge in [0.1, 0.15) is 0 Å². The fourth-order valence-electron chi connectivity index (χ4n) is 1.89. The van der Waals surface area contributed by atoms with Crippen LogP contribution in [0.25, 0.3) is 0 Å². The summed E-state index contributed by atoms with van der Waals surface area (Å²) in [5.41, 5.74) is 0. The van der Waals surface area contributed by atoms with Crippen LogP contribution in [-0.4, -0.2) is 0 Å². The van der Waals surface area contributed by atoms with Gasteiger partial charge < -0.3 is 0 Å². The van der Waals surface area contributed by atoms with Crippen molar-refractivity contribution in [3.8, 4) is 0 Å². The van der Waals surface area contributed by atoms with E-state index in [9.17, 15) is 0 Å². The summed E-state index contributed by atoms with van der Waals surface area (Å²) in [4.78, 5) is 0. The monoisotopic (exact) mass is 314 g/mol. The molecule has 2 rings (SSSR count). The van der Waals surface area contributed by atoms with E-state index in [1.807, 2.05) is 0 Å². The van der Waals surface area contributed by atoms with Crippen molar-refractivity contribution in [2.24, 2.45) is 0 Å². The van der Waals surface area contributed by atoms with E-state index in [2.05, 4.69) is 48.6 Å². The molecule has 0 N–H and O–H groups in total. The molecule has 0 heterocycles. The summed E-state index contributed by atoms with van der Waals surface area (Å²) in [6.07, 6.45) is 25.8. The van der Waals surface area contributed by atoms with Gasteiger partial charge >= 0.3 is 113 Å². The number of allylic oxidation sites excluding steroid dienone is 10. The van der Waals surface area contributed by atoms with Gasteiger partial charge in [-0.1, -0.05) is 0 Å². The van der Waals surface area contributed by atoms with Crippen LogP contribution in [0.5, 0.6) is 0 Å². The molecule has 2 aliphatic rings. The van der Waals surface area contributed by atoms with E-state index in [-0.39, 0.29) is 0 Å². The van der Waals surface area contributed by atoms with Crippen LogP contribution in [-0.2, 0) is 17.1 Å². The van der Waals surface area contributed by atoms with Gasteiger partial charge in [-0.2, -0.15) is 0 Å². The van der Waals surface area contributed by atoms with Crippen LogP contribution in [0.3, 0.4) is 0 Å². The third kappa shape index (κ3) is 5.00. The molecular formula is C16H20Ru. The van der Waals surface area contributed by atoms with Crippen LogP contribution >= 0.6 is 0 Å². The molecule has 17 heavy (non-hydrogen) atoms. The molecule has 0 radical (unpaired) electrons. The van der Waals surface area contributed by atoms with Gasteiger partial charge in [0.15, 0.2) is 0 Å².